The molecule has 0 spiro atoms. The maximum atomic E-state index is 12.9. The summed E-state index contributed by atoms with van der Waals surface area (Å²) in [6.07, 6.45) is 9.28. The summed E-state index contributed by atoms with van der Waals surface area (Å²) < 4.78 is 29.2. The van der Waals surface area contributed by atoms with Crippen molar-refractivity contribution < 1.29 is 8.42 Å². The third-order valence-corrected chi connectivity index (χ3v) is 8.32. The molecule has 1 aliphatic rings. The van der Waals surface area contributed by atoms with Crippen LogP contribution < -0.4 is 5.56 Å². The minimum atomic E-state index is -3.29. The molecular formula is C24H29N3O3S. The van der Waals surface area contributed by atoms with Crippen LogP contribution in [0, 0.1) is 12.3 Å². The number of pyridine rings is 1. The highest BCUT2D eigenvalue weighted by molar-refractivity contribution is 7.91. The predicted octanol–water partition coefficient (Wildman–Crippen LogP) is 4.38. The van der Waals surface area contributed by atoms with Gasteiger partial charge in [0.25, 0.3) is 5.56 Å². The first-order valence-electron chi connectivity index (χ1n) is 10.9. The van der Waals surface area contributed by atoms with E-state index in [9.17, 15) is 13.2 Å². The van der Waals surface area contributed by atoms with Crippen molar-refractivity contribution in [2.75, 3.05) is 5.75 Å². The number of aromatic nitrogens is 3. The lowest BCUT2D eigenvalue weighted by Gasteiger charge is -2.14. The molecule has 31 heavy (non-hydrogen) atoms. The minimum absolute atomic E-state index is 0.0131. The molecule has 1 fully saturated rings. The van der Waals surface area contributed by atoms with Gasteiger partial charge in [-0.2, -0.15) is 5.10 Å². The molecule has 0 N–H and O–H groups in total. The molecule has 1 aliphatic carbocycles. The van der Waals surface area contributed by atoms with Gasteiger partial charge in [0.05, 0.1) is 22.5 Å². The largest absolute Gasteiger partial charge is 0.313 e. The second kappa shape index (κ2) is 8.11. The van der Waals surface area contributed by atoms with Crippen LogP contribution in [-0.4, -0.2) is 28.5 Å². The number of hydrogen-bond acceptors (Lipinski definition) is 4. The Balaban J connectivity index is 1.61. The van der Waals surface area contributed by atoms with Crippen molar-refractivity contribution in [3.63, 3.8) is 0 Å². The summed E-state index contributed by atoms with van der Waals surface area (Å²) in [5.74, 6) is 0.237. The van der Waals surface area contributed by atoms with Gasteiger partial charge in [-0.3, -0.25) is 4.79 Å². The summed E-state index contributed by atoms with van der Waals surface area (Å²) in [4.78, 5) is 12.4. The summed E-state index contributed by atoms with van der Waals surface area (Å²) in [5.41, 5.74) is 3.52. The van der Waals surface area contributed by atoms with Crippen molar-refractivity contribution in [2.24, 2.45) is 5.41 Å². The van der Waals surface area contributed by atoms with Crippen LogP contribution in [0.2, 0.25) is 0 Å². The lowest BCUT2D eigenvalue weighted by molar-refractivity contribution is 0.526. The zero-order valence-corrected chi connectivity index (χ0v) is 19.2. The van der Waals surface area contributed by atoms with Gasteiger partial charge in [0.2, 0.25) is 0 Å². The van der Waals surface area contributed by atoms with E-state index in [-0.39, 0.29) is 16.7 Å². The Kier molecular flexibility index (Phi) is 5.64. The second-order valence-corrected chi connectivity index (χ2v) is 10.7. The van der Waals surface area contributed by atoms with Gasteiger partial charge in [-0.25, -0.2) is 13.1 Å². The van der Waals surface area contributed by atoms with E-state index in [1.54, 1.807) is 39.7 Å². The van der Waals surface area contributed by atoms with Gasteiger partial charge < -0.3 is 4.57 Å². The van der Waals surface area contributed by atoms with Crippen molar-refractivity contribution in [2.45, 2.75) is 57.9 Å². The first kappa shape index (κ1) is 21.6. The first-order chi connectivity index (χ1) is 14.8. The van der Waals surface area contributed by atoms with Gasteiger partial charge in [0.15, 0.2) is 9.84 Å². The average molecular weight is 440 g/mol. The molecule has 0 aliphatic heterocycles. The number of hydrogen-bond donors (Lipinski definition) is 0. The van der Waals surface area contributed by atoms with E-state index in [1.165, 1.54) is 0 Å². The van der Waals surface area contributed by atoms with E-state index in [2.05, 4.69) is 12.0 Å². The van der Waals surface area contributed by atoms with Crippen LogP contribution >= 0.6 is 0 Å². The van der Waals surface area contributed by atoms with Crippen LogP contribution in [0.1, 0.15) is 45.1 Å². The van der Waals surface area contributed by atoms with Crippen LogP contribution in [-0.2, 0) is 16.4 Å². The van der Waals surface area contributed by atoms with Gasteiger partial charge in [0.1, 0.15) is 0 Å². The average Bonchev–Trinajstić information content (AvgIpc) is 3.33. The molecule has 1 aromatic carbocycles. The maximum Gasteiger partial charge on any atom is 0.250 e. The van der Waals surface area contributed by atoms with Crippen molar-refractivity contribution in [1.82, 2.24) is 14.3 Å². The quantitative estimate of drug-likeness (QED) is 0.522. The zero-order chi connectivity index (χ0) is 22.2. The molecule has 0 atom stereocenters. The predicted molar refractivity (Wildman–Crippen MR) is 122 cm³/mol. The molecule has 2 aromatic heterocycles. The fourth-order valence-electron chi connectivity index (χ4n) is 4.09. The highest BCUT2D eigenvalue weighted by atomic mass is 32.2. The Morgan fingerprint density at radius 1 is 1.10 bits per heavy atom. The normalized spacial score (nSPS) is 15.2. The fraction of sp³-hybridized carbons (Fsp3) is 0.417. The van der Waals surface area contributed by atoms with Crippen LogP contribution in [0.4, 0.5) is 0 Å². The Morgan fingerprint density at radius 3 is 2.52 bits per heavy atom. The molecular weight excluding hydrogens is 410 g/mol. The van der Waals surface area contributed by atoms with Gasteiger partial charge in [-0.15, -0.1) is 0 Å². The third kappa shape index (κ3) is 4.37. The zero-order valence-electron chi connectivity index (χ0n) is 18.3. The van der Waals surface area contributed by atoms with Crippen LogP contribution in [0.25, 0.3) is 16.8 Å². The summed E-state index contributed by atoms with van der Waals surface area (Å²) in [7, 11) is -3.29. The van der Waals surface area contributed by atoms with E-state index in [0.29, 0.717) is 11.4 Å². The number of sulfone groups is 1. The van der Waals surface area contributed by atoms with Gasteiger partial charge in [0, 0.05) is 30.6 Å². The Hall–Kier alpha value is -2.67. The lowest BCUT2D eigenvalue weighted by atomic mass is 10.0. The number of benzene rings is 1. The number of nitrogens with zero attached hydrogens (tertiary/aromatic N) is 3. The van der Waals surface area contributed by atoms with E-state index in [1.807, 2.05) is 32.3 Å². The molecule has 0 saturated heterocycles. The Bertz CT molecular complexity index is 1270. The SMILES string of the molecule is CCCn1cc(-n2cc(-c3ccc(S(=O)(=O)CC4(CC)CC4)cc3C)cn2)ccc1=O. The molecule has 0 amide bonds. The van der Waals surface area contributed by atoms with Gasteiger partial charge in [-0.05, 0) is 67.3 Å². The molecule has 4 rings (SSSR count). The van der Waals surface area contributed by atoms with E-state index < -0.39 is 9.84 Å². The monoisotopic (exact) mass is 439 g/mol. The van der Waals surface area contributed by atoms with Crippen LogP contribution in [0.15, 0.2) is 58.6 Å². The molecule has 6 nitrogen and oxygen atoms in total. The van der Waals surface area contributed by atoms with Crippen LogP contribution in [0.5, 0.6) is 0 Å². The highest BCUT2D eigenvalue weighted by Gasteiger charge is 2.44. The smallest absolute Gasteiger partial charge is 0.250 e. The Morgan fingerprint density at radius 2 is 1.87 bits per heavy atom. The molecule has 164 valence electrons. The van der Waals surface area contributed by atoms with E-state index >= 15 is 0 Å². The standard InChI is InChI=1S/C24H29N3O3S/c1-4-12-26-16-20(6-9-23(26)28)27-15-19(14-25-27)22-8-7-21(13-18(22)3)31(29,30)17-24(5-2)10-11-24/h6-9,13-16H,4-5,10-12,17H2,1-3H3. The summed E-state index contributed by atoms with van der Waals surface area (Å²) in [6, 6.07) is 8.67. The van der Waals surface area contributed by atoms with Crippen molar-refractivity contribution in [3.05, 3.63) is 64.8 Å². The van der Waals surface area contributed by atoms with Gasteiger partial charge >= 0.3 is 0 Å². The number of rotatable bonds is 8. The molecule has 7 heteroatoms. The van der Waals surface area contributed by atoms with Crippen LogP contribution in [0.3, 0.4) is 0 Å². The summed E-state index contributed by atoms with van der Waals surface area (Å²) >= 11 is 0. The lowest BCUT2D eigenvalue weighted by Crippen LogP contribution is -2.19. The van der Waals surface area contributed by atoms with Crippen molar-refractivity contribution in [1.29, 1.82) is 0 Å². The molecule has 0 unspecified atom stereocenters. The summed E-state index contributed by atoms with van der Waals surface area (Å²) in [6.45, 7) is 6.70. The molecule has 2 heterocycles. The van der Waals surface area contributed by atoms with E-state index in [0.717, 1.165) is 48.1 Å². The second-order valence-electron chi connectivity index (χ2n) is 8.68. The minimum Gasteiger partial charge on any atom is -0.313 e. The maximum absolute atomic E-state index is 12.9. The van der Waals surface area contributed by atoms with Crippen molar-refractivity contribution in [3.8, 4) is 16.8 Å². The van der Waals surface area contributed by atoms with Gasteiger partial charge in [-0.1, -0.05) is 19.9 Å². The van der Waals surface area contributed by atoms with E-state index in [4.69, 9.17) is 0 Å². The molecule has 3 aromatic rings. The molecule has 0 radical (unpaired) electrons. The van der Waals surface area contributed by atoms with Crippen molar-refractivity contribution >= 4 is 9.84 Å². The third-order valence-electron chi connectivity index (χ3n) is 6.35. The fourth-order valence-corrected chi connectivity index (χ4v) is 6.19. The summed E-state index contributed by atoms with van der Waals surface area (Å²) in [5, 5.41) is 4.46. The molecule has 1 saturated carbocycles. The Labute approximate surface area is 183 Å². The topological polar surface area (TPSA) is 74.0 Å². The number of aryl methyl sites for hydroxylation is 2. The first-order valence-corrected chi connectivity index (χ1v) is 12.5. The molecule has 0 bridgehead atoms. The highest BCUT2D eigenvalue weighted by Crippen LogP contribution is 2.50.